The van der Waals surface area contributed by atoms with Crippen LogP contribution in [0.3, 0.4) is 0 Å². The zero-order chi connectivity index (χ0) is 30.3. The van der Waals surface area contributed by atoms with Crippen molar-refractivity contribution in [3.8, 4) is 0 Å². The SMILES string of the molecule is CCC(CC)n1c(Cc2cccs2)nc2cc(C(=O)N[C@@H](CC(C)C)C(=O)N3CCN(CC4=CCCC=C4)CC3)ccc21. The molecule has 3 aromatic rings. The maximum Gasteiger partial charge on any atom is 0.252 e. The summed E-state index contributed by atoms with van der Waals surface area (Å²) in [5.74, 6) is 1.12. The van der Waals surface area contributed by atoms with E-state index in [-0.39, 0.29) is 17.7 Å². The Morgan fingerprint density at radius 2 is 1.84 bits per heavy atom. The van der Waals surface area contributed by atoms with Crippen LogP contribution in [0.4, 0.5) is 0 Å². The second-order valence-electron chi connectivity index (χ2n) is 12.3. The summed E-state index contributed by atoms with van der Waals surface area (Å²) in [6, 6.07) is 9.84. The topological polar surface area (TPSA) is 70.5 Å². The van der Waals surface area contributed by atoms with Crippen molar-refractivity contribution in [3.05, 3.63) is 75.8 Å². The van der Waals surface area contributed by atoms with Crippen LogP contribution in [0.25, 0.3) is 11.0 Å². The van der Waals surface area contributed by atoms with Gasteiger partial charge in [-0.2, -0.15) is 0 Å². The van der Waals surface area contributed by atoms with E-state index in [1.165, 1.54) is 10.5 Å². The van der Waals surface area contributed by atoms with Crippen LogP contribution in [0.5, 0.6) is 0 Å². The standard InChI is InChI=1S/C35H47N5O2S/c1-5-28(6-2)40-32-15-14-27(22-30(32)36-33(40)23-29-13-10-20-43-29)34(41)37-31(21-25(3)4)35(42)39-18-16-38(17-19-39)24-26-11-8-7-9-12-26/h8,10-15,20,22,25,28,31H,5-7,9,16-19,21,23-24H2,1-4H3,(H,37,41)/t31-/m0/s1. The number of nitrogens with one attached hydrogen (secondary N) is 1. The third-order valence-corrected chi connectivity index (χ3v) is 9.59. The van der Waals surface area contributed by atoms with Gasteiger partial charge in [0.2, 0.25) is 5.91 Å². The minimum atomic E-state index is -0.546. The van der Waals surface area contributed by atoms with E-state index in [9.17, 15) is 9.59 Å². The van der Waals surface area contributed by atoms with E-state index in [0.717, 1.165) is 68.6 Å². The van der Waals surface area contributed by atoms with Gasteiger partial charge in [-0.1, -0.05) is 52.0 Å². The van der Waals surface area contributed by atoms with Gasteiger partial charge < -0.3 is 14.8 Å². The molecule has 7 nitrogen and oxygen atoms in total. The molecule has 1 aliphatic carbocycles. The van der Waals surface area contributed by atoms with Gasteiger partial charge in [-0.15, -0.1) is 11.3 Å². The van der Waals surface area contributed by atoms with Gasteiger partial charge in [0.15, 0.2) is 0 Å². The first kappa shape index (κ1) is 31.2. The molecule has 0 bridgehead atoms. The third kappa shape index (κ3) is 7.65. The lowest BCUT2D eigenvalue weighted by atomic mass is 10.0. The quantitative estimate of drug-likeness (QED) is 0.254. The second-order valence-corrected chi connectivity index (χ2v) is 13.4. The zero-order valence-corrected chi connectivity index (χ0v) is 27.0. The third-order valence-electron chi connectivity index (χ3n) is 8.72. The van der Waals surface area contributed by atoms with E-state index in [4.69, 9.17) is 4.98 Å². The minimum absolute atomic E-state index is 0.0239. The summed E-state index contributed by atoms with van der Waals surface area (Å²) >= 11 is 1.74. The Kier molecular flexibility index (Phi) is 10.5. The number of allylic oxidation sites excluding steroid dienone is 2. The molecular formula is C35H47N5O2S. The van der Waals surface area contributed by atoms with Crippen LogP contribution < -0.4 is 5.32 Å². The van der Waals surface area contributed by atoms with Crippen molar-refractivity contribution >= 4 is 34.2 Å². The molecule has 3 heterocycles. The zero-order valence-electron chi connectivity index (χ0n) is 26.2. The van der Waals surface area contributed by atoms with Crippen LogP contribution in [0.1, 0.15) is 86.9 Å². The number of nitrogens with zero attached hydrogens (tertiary/aromatic N) is 4. The number of carbonyl (C=O) groups is 2. The number of piperazine rings is 1. The summed E-state index contributed by atoms with van der Waals surface area (Å²) < 4.78 is 2.36. The predicted molar refractivity (Wildman–Crippen MR) is 177 cm³/mol. The predicted octanol–water partition coefficient (Wildman–Crippen LogP) is 6.61. The summed E-state index contributed by atoms with van der Waals surface area (Å²) in [4.78, 5) is 38.0. The van der Waals surface area contributed by atoms with Crippen LogP contribution >= 0.6 is 11.3 Å². The Hall–Kier alpha value is -3.23. The number of carbonyl (C=O) groups excluding carboxylic acids is 2. The molecule has 1 fully saturated rings. The van der Waals surface area contributed by atoms with Crippen LogP contribution in [0.2, 0.25) is 0 Å². The Labute approximate surface area is 260 Å². The fourth-order valence-corrected chi connectivity index (χ4v) is 7.07. The molecule has 1 saturated heterocycles. The number of hydrogen-bond donors (Lipinski definition) is 1. The first-order valence-corrected chi connectivity index (χ1v) is 16.9. The highest BCUT2D eigenvalue weighted by Crippen LogP contribution is 2.28. The van der Waals surface area contributed by atoms with Gasteiger partial charge in [-0.3, -0.25) is 14.5 Å². The van der Waals surface area contributed by atoms with E-state index < -0.39 is 6.04 Å². The average Bonchev–Trinajstić information content (AvgIpc) is 3.65. The number of thiophene rings is 1. The first-order chi connectivity index (χ1) is 20.9. The molecule has 8 heteroatoms. The second kappa shape index (κ2) is 14.5. The molecule has 1 N–H and O–H groups in total. The minimum Gasteiger partial charge on any atom is -0.340 e. The molecule has 2 amide bonds. The molecule has 1 aliphatic heterocycles. The molecule has 5 rings (SSSR count). The molecule has 0 unspecified atom stereocenters. The number of hydrogen-bond acceptors (Lipinski definition) is 5. The largest absolute Gasteiger partial charge is 0.340 e. The van der Waals surface area contributed by atoms with E-state index in [1.54, 1.807) is 11.3 Å². The van der Waals surface area contributed by atoms with E-state index >= 15 is 0 Å². The summed E-state index contributed by atoms with van der Waals surface area (Å²) in [6.07, 6.45) is 12.5. The summed E-state index contributed by atoms with van der Waals surface area (Å²) in [6.45, 7) is 12.6. The highest BCUT2D eigenvalue weighted by molar-refractivity contribution is 7.09. The molecular weight excluding hydrogens is 554 g/mol. The van der Waals surface area contributed by atoms with Crippen LogP contribution in [-0.4, -0.2) is 69.9 Å². The lowest BCUT2D eigenvalue weighted by molar-refractivity contribution is -0.135. The van der Waals surface area contributed by atoms with Crippen molar-refractivity contribution in [3.63, 3.8) is 0 Å². The molecule has 0 radical (unpaired) electrons. The molecule has 230 valence electrons. The lowest BCUT2D eigenvalue weighted by Crippen LogP contribution is -2.55. The van der Waals surface area contributed by atoms with E-state index in [2.05, 4.69) is 78.2 Å². The summed E-state index contributed by atoms with van der Waals surface area (Å²) in [5.41, 5.74) is 3.81. The molecule has 0 spiro atoms. The fraction of sp³-hybridized carbons (Fsp3) is 0.514. The Morgan fingerprint density at radius 1 is 1.05 bits per heavy atom. The van der Waals surface area contributed by atoms with Crippen LogP contribution in [0.15, 0.2) is 59.5 Å². The average molecular weight is 602 g/mol. The highest BCUT2D eigenvalue weighted by atomic mass is 32.1. The number of imidazole rings is 1. The molecule has 43 heavy (non-hydrogen) atoms. The van der Waals surface area contributed by atoms with Crippen molar-refractivity contribution in [1.82, 2.24) is 24.7 Å². The van der Waals surface area contributed by atoms with Gasteiger partial charge in [0.25, 0.3) is 5.91 Å². The highest BCUT2D eigenvalue weighted by Gasteiger charge is 2.30. The summed E-state index contributed by atoms with van der Waals surface area (Å²) in [7, 11) is 0. The van der Waals surface area contributed by atoms with E-state index in [1.807, 2.05) is 23.1 Å². The monoisotopic (exact) mass is 601 g/mol. The van der Waals surface area contributed by atoms with Gasteiger partial charge in [-0.05, 0) is 73.2 Å². The Morgan fingerprint density at radius 3 is 2.49 bits per heavy atom. The van der Waals surface area contributed by atoms with Gasteiger partial charge >= 0.3 is 0 Å². The smallest absolute Gasteiger partial charge is 0.252 e. The van der Waals surface area contributed by atoms with Gasteiger partial charge in [0.1, 0.15) is 11.9 Å². The lowest BCUT2D eigenvalue weighted by Gasteiger charge is -2.37. The number of fused-ring (bicyclic) bond motifs is 1. The van der Waals surface area contributed by atoms with Crippen molar-refractivity contribution < 1.29 is 9.59 Å². The number of benzene rings is 1. The maximum absolute atomic E-state index is 13.7. The van der Waals surface area contributed by atoms with Crippen molar-refractivity contribution in [2.24, 2.45) is 5.92 Å². The fourth-order valence-electron chi connectivity index (χ4n) is 6.37. The Bertz CT molecular complexity index is 1440. The molecule has 2 aromatic heterocycles. The normalized spacial score (nSPS) is 16.7. The van der Waals surface area contributed by atoms with Crippen molar-refractivity contribution in [2.45, 2.75) is 78.3 Å². The first-order valence-electron chi connectivity index (χ1n) is 16.1. The van der Waals surface area contributed by atoms with Crippen molar-refractivity contribution in [1.29, 1.82) is 0 Å². The maximum atomic E-state index is 13.7. The van der Waals surface area contributed by atoms with Gasteiger partial charge in [-0.25, -0.2) is 4.98 Å². The van der Waals surface area contributed by atoms with Gasteiger partial charge in [0.05, 0.1) is 11.0 Å². The number of amides is 2. The molecule has 2 aliphatic rings. The Balaban J connectivity index is 1.29. The van der Waals surface area contributed by atoms with Crippen LogP contribution in [-0.2, 0) is 11.2 Å². The number of rotatable bonds is 12. The molecule has 0 saturated carbocycles. The number of aromatic nitrogens is 2. The van der Waals surface area contributed by atoms with E-state index in [0.29, 0.717) is 31.1 Å². The molecule has 1 atom stereocenters. The molecule has 1 aromatic carbocycles. The van der Waals surface area contributed by atoms with Crippen LogP contribution in [0, 0.1) is 5.92 Å². The van der Waals surface area contributed by atoms with Gasteiger partial charge in [0, 0.05) is 55.6 Å². The summed E-state index contributed by atoms with van der Waals surface area (Å²) in [5, 5.41) is 5.21. The van der Waals surface area contributed by atoms with Crippen molar-refractivity contribution in [2.75, 3.05) is 32.7 Å².